The van der Waals surface area contributed by atoms with Crippen molar-refractivity contribution in [1.82, 2.24) is 19.5 Å². The fraction of sp³-hybridized carbons (Fsp3) is 0.108. The van der Waals surface area contributed by atoms with E-state index in [0.29, 0.717) is 27.9 Å². The van der Waals surface area contributed by atoms with Gasteiger partial charge >= 0.3 is 6.03 Å². The molecular formula is C37H32ClN5O5. The van der Waals surface area contributed by atoms with E-state index in [1.165, 1.54) is 4.57 Å². The molecule has 2 N–H and O–H groups in total. The number of rotatable bonds is 7. The molecule has 3 aromatic carbocycles. The topological polar surface area (TPSA) is 113 Å². The number of halogens is 1. The van der Waals surface area contributed by atoms with Gasteiger partial charge in [0.2, 0.25) is 0 Å². The van der Waals surface area contributed by atoms with Gasteiger partial charge in [-0.2, -0.15) is 0 Å². The number of aromatic amines is 1. The summed E-state index contributed by atoms with van der Waals surface area (Å²) in [6.45, 7) is 0. The van der Waals surface area contributed by atoms with Gasteiger partial charge < -0.3 is 29.2 Å². The normalized spacial score (nSPS) is 10.7. The third-order valence-corrected chi connectivity index (χ3v) is 7.97. The van der Waals surface area contributed by atoms with E-state index in [1.807, 2.05) is 66.9 Å². The molecular weight excluding hydrogens is 630 g/mol. The van der Waals surface area contributed by atoms with Crippen molar-refractivity contribution in [2.45, 2.75) is 0 Å². The summed E-state index contributed by atoms with van der Waals surface area (Å²) in [5.41, 5.74) is 6.00. The molecule has 11 heteroatoms. The van der Waals surface area contributed by atoms with Gasteiger partial charge in [-0.05, 0) is 83.9 Å². The van der Waals surface area contributed by atoms with Crippen molar-refractivity contribution in [3.63, 3.8) is 0 Å². The molecule has 0 bridgehead atoms. The Labute approximate surface area is 281 Å². The molecule has 10 nitrogen and oxygen atoms in total. The van der Waals surface area contributed by atoms with Gasteiger partial charge in [-0.1, -0.05) is 23.7 Å². The Kier molecular flexibility index (Phi) is 9.45. The maximum atomic E-state index is 12.9. The number of H-pyrrole nitrogens is 1. The number of amides is 1. The summed E-state index contributed by atoms with van der Waals surface area (Å²) < 4.78 is 22.8. The van der Waals surface area contributed by atoms with Crippen LogP contribution in [0.1, 0.15) is 0 Å². The smallest absolute Gasteiger partial charge is 0.331 e. The molecule has 0 fully saturated rings. The van der Waals surface area contributed by atoms with Crippen LogP contribution >= 0.6 is 11.6 Å². The number of anilines is 1. The second kappa shape index (κ2) is 14.2. The predicted octanol–water partition coefficient (Wildman–Crippen LogP) is 8.70. The lowest BCUT2D eigenvalue weighted by molar-refractivity contribution is 0.254. The van der Waals surface area contributed by atoms with Gasteiger partial charge in [-0.3, -0.25) is 4.57 Å². The van der Waals surface area contributed by atoms with E-state index in [0.717, 1.165) is 50.2 Å². The average molecular weight is 662 g/mol. The quantitative estimate of drug-likeness (QED) is 0.176. The van der Waals surface area contributed by atoms with Crippen LogP contribution in [0.5, 0.6) is 23.0 Å². The minimum absolute atomic E-state index is 0.317. The molecule has 0 aliphatic carbocycles. The summed E-state index contributed by atoms with van der Waals surface area (Å²) in [5.74, 6) is 2.70. The minimum atomic E-state index is -0.317. The number of methoxy groups -OCH3 is 4. The van der Waals surface area contributed by atoms with Crippen LogP contribution < -0.4 is 24.3 Å². The number of ether oxygens (including phenoxy) is 4. The van der Waals surface area contributed by atoms with Gasteiger partial charge in [0.05, 0.1) is 28.4 Å². The first-order valence-corrected chi connectivity index (χ1v) is 15.2. The molecule has 242 valence electrons. The predicted molar refractivity (Wildman–Crippen MR) is 189 cm³/mol. The van der Waals surface area contributed by atoms with Gasteiger partial charge in [0.15, 0.2) is 23.0 Å². The van der Waals surface area contributed by atoms with Crippen LogP contribution in [0.25, 0.3) is 44.3 Å². The second-order valence-corrected chi connectivity index (χ2v) is 10.9. The summed E-state index contributed by atoms with van der Waals surface area (Å²) in [5, 5.41) is 5.41. The summed E-state index contributed by atoms with van der Waals surface area (Å²) in [6.07, 6.45) is 7.16. The maximum Gasteiger partial charge on any atom is 0.331 e. The number of carbonyl (C=O) groups excluding carboxylic acids is 1. The van der Waals surface area contributed by atoms with Gasteiger partial charge in [0.1, 0.15) is 11.3 Å². The number of carbonyl (C=O) groups is 1. The molecule has 0 spiro atoms. The number of hydrogen-bond donors (Lipinski definition) is 2. The number of pyridine rings is 2. The molecule has 4 heterocycles. The van der Waals surface area contributed by atoms with Gasteiger partial charge in [-0.15, -0.1) is 0 Å². The third-order valence-electron chi connectivity index (χ3n) is 7.72. The lowest BCUT2D eigenvalue weighted by atomic mass is 10.1. The highest BCUT2D eigenvalue weighted by molar-refractivity contribution is 6.30. The van der Waals surface area contributed by atoms with E-state index in [2.05, 4.69) is 20.3 Å². The number of aromatic nitrogens is 4. The van der Waals surface area contributed by atoms with Crippen molar-refractivity contribution < 1.29 is 23.7 Å². The molecule has 0 saturated heterocycles. The van der Waals surface area contributed by atoms with Crippen LogP contribution in [0.2, 0.25) is 5.02 Å². The lowest BCUT2D eigenvalue weighted by Crippen LogP contribution is -2.18. The van der Waals surface area contributed by atoms with E-state index in [9.17, 15) is 4.79 Å². The number of benzene rings is 3. The van der Waals surface area contributed by atoms with Crippen molar-refractivity contribution in [3.8, 4) is 45.3 Å². The molecule has 0 aliphatic heterocycles. The molecule has 7 rings (SSSR count). The zero-order chi connectivity index (χ0) is 33.6. The van der Waals surface area contributed by atoms with Gasteiger partial charge in [-0.25, -0.2) is 14.8 Å². The number of fused-ring (bicyclic) bond motifs is 2. The molecule has 0 unspecified atom stereocenters. The van der Waals surface area contributed by atoms with E-state index in [-0.39, 0.29) is 6.03 Å². The summed E-state index contributed by atoms with van der Waals surface area (Å²) in [7, 11) is 6.45. The Morgan fingerprint density at radius 3 is 1.92 bits per heavy atom. The Morgan fingerprint density at radius 1 is 0.708 bits per heavy atom. The first-order chi connectivity index (χ1) is 23.4. The van der Waals surface area contributed by atoms with E-state index >= 15 is 0 Å². The zero-order valence-corrected chi connectivity index (χ0v) is 27.4. The number of hydrogen-bond acceptors (Lipinski definition) is 7. The van der Waals surface area contributed by atoms with E-state index in [4.69, 9.17) is 30.5 Å². The number of nitrogens with one attached hydrogen (secondary N) is 2. The third kappa shape index (κ3) is 6.47. The van der Waals surface area contributed by atoms with Crippen molar-refractivity contribution in [2.24, 2.45) is 0 Å². The molecule has 48 heavy (non-hydrogen) atoms. The molecule has 0 saturated carbocycles. The highest BCUT2D eigenvalue weighted by atomic mass is 35.5. The number of nitrogens with zero attached hydrogens (tertiary/aromatic N) is 3. The Morgan fingerprint density at radius 2 is 1.29 bits per heavy atom. The second-order valence-electron chi connectivity index (χ2n) is 10.5. The fourth-order valence-electron chi connectivity index (χ4n) is 5.36. The summed E-state index contributed by atoms with van der Waals surface area (Å²) in [6, 6.07) is 25.9. The molecule has 1 amide bonds. The van der Waals surface area contributed by atoms with Crippen molar-refractivity contribution >= 4 is 45.4 Å². The summed E-state index contributed by atoms with van der Waals surface area (Å²) in [4.78, 5) is 24.8. The van der Waals surface area contributed by atoms with Crippen LogP contribution in [0.3, 0.4) is 0 Å². The lowest BCUT2D eigenvalue weighted by Gasteiger charge is -2.09. The van der Waals surface area contributed by atoms with E-state index in [1.54, 1.807) is 71.3 Å². The highest BCUT2D eigenvalue weighted by Crippen LogP contribution is 2.37. The Hall–Kier alpha value is -6.00. The Balaban J connectivity index is 0.000000182. The monoisotopic (exact) mass is 661 g/mol. The summed E-state index contributed by atoms with van der Waals surface area (Å²) >= 11 is 5.91. The SMILES string of the molecule is COc1ccc(-c2c[nH]c3ncccc23)cc1OC.COc1ccc(-c2cn(C(=O)Nc3ccc(Cl)cc3)c3ncccc23)cc1OC. The Bertz CT molecular complexity index is 2210. The van der Waals surface area contributed by atoms with Crippen molar-refractivity contribution in [1.29, 1.82) is 0 Å². The zero-order valence-electron chi connectivity index (χ0n) is 26.7. The van der Waals surface area contributed by atoms with Crippen LogP contribution in [0.15, 0.2) is 110 Å². The van der Waals surface area contributed by atoms with Crippen LogP contribution in [0.4, 0.5) is 10.5 Å². The molecule has 0 atom stereocenters. The largest absolute Gasteiger partial charge is 0.493 e. The standard InChI is InChI=1S/C22H18ClN3O3.C15H14N2O2/c1-28-19-10-5-14(12-20(19)29-2)18-13-26(21-17(18)4-3-11-24-21)22(27)25-16-8-6-15(23)7-9-16;1-18-13-6-5-10(8-14(13)19-2)12-9-17-15-11(12)4-3-7-16-15/h3-13H,1-2H3,(H,25,27);3-9H,1-2H3,(H,16,17). The molecule has 7 aromatic rings. The van der Waals surface area contributed by atoms with Gasteiger partial charge in [0, 0.05) is 57.4 Å². The van der Waals surface area contributed by atoms with Crippen molar-refractivity contribution in [3.05, 3.63) is 115 Å². The highest BCUT2D eigenvalue weighted by Gasteiger charge is 2.17. The van der Waals surface area contributed by atoms with Crippen LogP contribution in [0, 0.1) is 0 Å². The first kappa shape index (κ1) is 32.0. The minimum Gasteiger partial charge on any atom is -0.493 e. The first-order valence-electron chi connectivity index (χ1n) is 14.8. The maximum absolute atomic E-state index is 12.9. The van der Waals surface area contributed by atoms with Crippen LogP contribution in [-0.4, -0.2) is 54.0 Å². The fourth-order valence-corrected chi connectivity index (χ4v) is 5.49. The molecule has 0 radical (unpaired) electrons. The van der Waals surface area contributed by atoms with Gasteiger partial charge in [0.25, 0.3) is 0 Å². The average Bonchev–Trinajstić information content (AvgIpc) is 3.75. The molecule has 0 aliphatic rings. The van der Waals surface area contributed by atoms with E-state index < -0.39 is 0 Å². The van der Waals surface area contributed by atoms with Crippen LogP contribution in [-0.2, 0) is 0 Å². The molecule has 4 aromatic heterocycles. The van der Waals surface area contributed by atoms with Crippen molar-refractivity contribution in [2.75, 3.05) is 33.8 Å².